The molecule has 0 spiro atoms. The summed E-state index contributed by atoms with van der Waals surface area (Å²) in [6, 6.07) is 0. The van der Waals surface area contributed by atoms with Crippen molar-refractivity contribution in [1.29, 1.82) is 0 Å². The highest BCUT2D eigenvalue weighted by Gasteiger charge is 2.22. The monoisotopic (exact) mass is 288 g/mol. The lowest BCUT2D eigenvalue weighted by Crippen LogP contribution is -2.28. The molecule has 1 rings (SSSR count). The fraction of sp³-hybridized carbons (Fsp3) is 0.692. The van der Waals surface area contributed by atoms with Crippen LogP contribution in [0.25, 0.3) is 0 Å². The van der Waals surface area contributed by atoms with Gasteiger partial charge in [0.05, 0.1) is 0 Å². The van der Waals surface area contributed by atoms with Gasteiger partial charge in [-0.1, -0.05) is 20.8 Å². The van der Waals surface area contributed by atoms with Gasteiger partial charge in [-0.05, 0) is 6.92 Å². The van der Waals surface area contributed by atoms with Crippen molar-refractivity contribution in [1.82, 2.24) is 9.97 Å². The number of anilines is 2. The molecule has 0 radical (unpaired) electrons. The molecule has 0 aliphatic rings. The smallest absolute Gasteiger partial charge is 0.265 e. The first kappa shape index (κ1) is 16.6. The molecule has 0 bridgehead atoms. The number of halogens is 2. The van der Waals surface area contributed by atoms with Crippen LogP contribution in [-0.2, 0) is 5.41 Å². The van der Waals surface area contributed by atoms with Crippen LogP contribution in [0, 0.1) is 6.92 Å². The van der Waals surface area contributed by atoms with E-state index in [0.29, 0.717) is 17.5 Å². The zero-order chi connectivity index (χ0) is 15.5. The quantitative estimate of drug-likeness (QED) is 0.774. The Hall–Kier alpha value is -1.50. The van der Waals surface area contributed by atoms with Gasteiger partial charge >= 0.3 is 0 Å². The van der Waals surface area contributed by atoms with Crippen molar-refractivity contribution < 1.29 is 13.9 Å². The highest BCUT2D eigenvalue weighted by atomic mass is 19.3. The molecule has 7 heteroatoms. The Kier molecular flexibility index (Phi) is 5.21. The number of alkyl halides is 2. The van der Waals surface area contributed by atoms with Gasteiger partial charge in [0.25, 0.3) is 6.43 Å². The van der Waals surface area contributed by atoms with Gasteiger partial charge in [0.2, 0.25) is 0 Å². The molecule has 20 heavy (non-hydrogen) atoms. The van der Waals surface area contributed by atoms with E-state index in [4.69, 9.17) is 5.11 Å². The summed E-state index contributed by atoms with van der Waals surface area (Å²) in [5, 5.41) is 14.9. The average molecular weight is 288 g/mol. The normalized spacial score (nSPS) is 13.4. The molecule has 114 valence electrons. The predicted molar refractivity (Wildman–Crippen MR) is 75.5 cm³/mol. The number of hydrogen-bond donors (Lipinski definition) is 3. The molecular weight excluding hydrogens is 266 g/mol. The molecule has 0 aliphatic heterocycles. The van der Waals surface area contributed by atoms with Crippen LogP contribution in [0.1, 0.15) is 32.2 Å². The van der Waals surface area contributed by atoms with E-state index in [1.807, 2.05) is 20.8 Å². The number of hydrogen-bond acceptors (Lipinski definition) is 5. The van der Waals surface area contributed by atoms with Crippen molar-refractivity contribution in [2.24, 2.45) is 0 Å². The summed E-state index contributed by atoms with van der Waals surface area (Å²) in [7, 11) is 1.74. The highest BCUT2D eigenvalue weighted by Crippen LogP contribution is 2.26. The van der Waals surface area contributed by atoms with Crippen molar-refractivity contribution in [2.45, 2.75) is 45.6 Å². The van der Waals surface area contributed by atoms with Gasteiger partial charge in [-0.15, -0.1) is 0 Å². The minimum Gasteiger partial charge on any atom is -0.385 e. The second-order valence-electron chi connectivity index (χ2n) is 5.65. The molecule has 3 N–H and O–H groups in total. The highest BCUT2D eigenvalue weighted by molar-refractivity contribution is 5.57. The van der Waals surface area contributed by atoms with Crippen molar-refractivity contribution in [3.8, 4) is 0 Å². The van der Waals surface area contributed by atoms with Crippen LogP contribution in [0.2, 0.25) is 0 Å². The summed E-state index contributed by atoms with van der Waals surface area (Å²) >= 11 is 0. The zero-order valence-corrected chi connectivity index (χ0v) is 12.5. The topological polar surface area (TPSA) is 70.1 Å². The minimum absolute atomic E-state index is 0.262. The molecule has 0 amide bonds. The lowest BCUT2D eigenvalue weighted by molar-refractivity contribution is 0.00380. The number of aliphatic hydroxyl groups excluding tert-OH is 1. The summed E-state index contributed by atoms with van der Waals surface area (Å²) < 4.78 is 24.6. The molecule has 1 atom stereocenters. The molecule has 0 saturated carbocycles. The molecule has 0 aliphatic carbocycles. The van der Waals surface area contributed by atoms with Gasteiger partial charge in [0.1, 0.15) is 23.6 Å². The van der Waals surface area contributed by atoms with Gasteiger partial charge in [-0.2, -0.15) is 0 Å². The molecule has 0 aromatic carbocycles. The Balaban J connectivity index is 3.05. The van der Waals surface area contributed by atoms with Gasteiger partial charge in [0.15, 0.2) is 0 Å². The van der Waals surface area contributed by atoms with Crippen molar-refractivity contribution in [2.75, 3.05) is 24.2 Å². The Morgan fingerprint density at radius 1 is 1.20 bits per heavy atom. The third-order valence-electron chi connectivity index (χ3n) is 2.82. The lowest BCUT2D eigenvalue weighted by Gasteiger charge is -2.21. The number of aliphatic hydroxyl groups is 1. The number of aromatic nitrogens is 2. The Labute approximate surface area is 117 Å². The van der Waals surface area contributed by atoms with Crippen LogP contribution in [-0.4, -0.2) is 41.2 Å². The third-order valence-corrected chi connectivity index (χ3v) is 2.82. The second kappa shape index (κ2) is 6.30. The lowest BCUT2D eigenvalue weighted by atomic mass is 9.95. The van der Waals surface area contributed by atoms with E-state index in [1.54, 1.807) is 14.0 Å². The largest absolute Gasteiger partial charge is 0.385 e. The average Bonchev–Trinajstić information content (AvgIpc) is 2.35. The number of nitrogens with zero attached hydrogens (tertiary/aromatic N) is 2. The first-order chi connectivity index (χ1) is 9.16. The fourth-order valence-corrected chi connectivity index (χ4v) is 1.56. The molecule has 0 saturated heterocycles. The van der Waals surface area contributed by atoms with Crippen molar-refractivity contribution >= 4 is 11.6 Å². The maximum absolute atomic E-state index is 12.3. The minimum atomic E-state index is -2.78. The Morgan fingerprint density at radius 3 is 2.20 bits per heavy atom. The predicted octanol–water partition coefficient (Wildman–Crippen LogP) is 2.16. The van der Waals surface area contributed by atoms with E-state index in [-0.39, 0.29) is 12.0 Å². The molecule has 1 unspecified atom stereocenters. The SMILES string of the molecule is CNc1nc(C(C)(C)C)nc(NCC(O)C(F)F)c1C. The van der Waals surface area contributed by atoms with Crippen LogP contribution in [0.3, 0.4) is 0 Å². The Morgan fingerprint density at radius 2 is 1.75 bits per heavy atom. The fourth-order valence-electron chi connectivity index (χ4n) is 1.56. The molecule has 1 aromatic rings. The first-order valence-corrected chi connectivity index (χ1v) is 6.43. The van der Waals surface area contributed by atoms with E-state index >= 15 is 0 Å². The van der Waals surface area contributed by atoms with Crippen LogP contribution < -0.4 is 10.6 Å². The standard InChI is InChI=1S/C13H22F2N4O/c1-7-10(16-5)18-12(13(2,3)4)19-11(7)17-6-8(20)9(14)15/h8-9,20H,6H2,1-5H3,(H2,16,17,18,19). The van der Waals surface area contributed by atoms with Crippen molar-refractivity contribution in [3.63, 3.8) is 0 Å². The Bertz CT molecular complexity index is 460. The van der Waals surface area contributed by atoms with E-state index in [0.717, 1.165) is 5.56 Å². The van der Waals surface area contributed by atoms with Crippen LogP contribution in [0.5, 0.6) is 0 Å². The van der Waals surface area contributed by atoms with E-state index in [9.17, 15) is 8.78 Å². The molecule has 0 fully saturated rings. The van der Waals surface area contributed by atoms with E-state index in [2.05, 4.69) is 20.6 Å². The summed E-state index contributed by atoms with van der Waals surface area (Å²) in [5.41, 5.74) is 0.457. The van der Waals surface area contributed by atoms with Gasteiger partial charge in [-0.3, -0.25) is 0 Å². The summed E-state index contributed by atoms with van der Waals surface area (Å²) in [6.45, 7) is 7.43. The van der Waals surface area contributed by atoms with Crippen molar-refractivity contribution in [3.05, 3.63) is 11.4 Å². The molecule has 1 heterocycles. The summed E-state index contributed by atoms with van der Waals surface area (Å²) in [4.78, 5) is 8.78. The number of nitrogens with one attached hydrogen (secondary N) is 2. The van der Waals surface area contributed by atoms with E-state index in [1.165, 1.54) is 0 Å². The molecule has 5 nitrogen and oxygen atoms in total. The second-order valence-corrected chi connectivity index (χ2v) is 5.65. The van der Waals surface area contributed by atoms with Gasteiger partial charge < -0.3 is 15.7 Å². The van der Waals surface area contributed by atoms with Crippen LogP contribution in [0.15, 0.2) is 0 Å². The van der Waals surface area contributed by atoms with Gasteiger partial charge in [0, 0.05) is 24.6 Å². The zero-order valence-electron chi connectivity index (χ0n) is 12.5. The summed E-state index contributed by atoms with van der Waals surface area (Å²) in [5.74, 6) is 1.69. The van der Waals surface area contributed by atoms with Gasteiger partial charge in [-0.25, -0.2) is 18.7 Å². The van der Waals surface area contributed by atoms with Crippen LogP contribution >= 0.6 is 0 Å². The maximum Gasteiger partial charge on any atom is 0.265 e. The molecular formula is C13H22F2N4O. The van der Waals surface area contributed by atoms with Crippen LogP contribution in [0.4, 0.5) is 20.4 Å². The third kappa shape index (κ3) is 4.00. The number of rotatable bonds is 5. The molecule has 1 aromatic heterocycles. The van der Waals surface area contributed by atoms with E-state index < -0.39 is 12.5 Å². The summed E-state index contributed by atoms with van der Waals surface area (Å²) in [6.07, 6.45) is -4.50. The first-order valence-electron chi connectivity index (χ1n) is 6.43. The maximum atomic E-state index is 12.3.